The molecule has 0 aromatic heterocycles. The summed E-state index contributed by atoms with van der Waals surface area (Å²) < 4.78 is 81.0. The Hall–Kier alpha value is -3.36. The van der Waals surface area contributed by atoms with Crippen LogP contribution in [0.25, 0.3) is 0 Å². The number of rotatable bonds is 11. The highest BCUT2D eigenvalue weighted by Crippen LogP contribution is 2.38. The Morgan fingerprint density at radius 2 is 1.71 bits per heavy atom. The zero-order valence-corrected chi connectivity index (χ0v) is 23.9. The molecule has 0 fully saturated rings. The van der Waals surface area contributed by atoms with Crippen LogP contribution in [0.4, 0.5) is 32.0 Å². The molecule has 6 nitrogen and oxygen atoms in total. The average molecular weight is 633 g/mol. The number of allylic oxidation sites excluding steroid dienone is 3. The number of alkyl halides is 6. The van der Waals surface area contributed by atoms with Crippen molar-refractivity contribution in [3.63, 3.8) is 0 Å². The van der Waals surface area contributed by atoms with Crippen LogP contribution in [0.2, 0.25) is 0 Å². The van der Waals surface area contributed by atoms with Crippen LogP contribution in [0, 0.1) is 0 Å². The van der Waals surface area contributed by atoms with Gasteiger partial charge in [0.15, 0.2) is 0 Å². The van der Waals surface area contributed by atoms with Crippen molar-refractivity contribution >= 4 is 46.4 Å². The maximum atomic E-state index is 13.6. The number of carboxylic acid groups (broad SMARTS) is 1. The monoisotopic (exact) mass is 632 g/mol. The van der Waals surface area contributed by atoms with Gasteiger partial charge in [0.05, 0.1) is 17.8 Å². The smallest absolute Gasteiger partial charge is 0.480 e. The van der Waals surface area contributed by atoms with Gasteiger partial charge in [0.25, 0.3) is 0 Å². The zero-order valence-electron chi connectivity index (χ0n) is 22.3. The number of carbonyl (C=O) groups is 2. The molecule has 0 aliphatic heterocycles. The minimum absolute atomic E-state index is 0.170. The van der Waals surface area contributed by atoms with Crippen LogP contribution < -0.4 is 10.1 Å². The van der Waals surface area contributed by atoms with E-state index in [0.717, 1.165) is 22.9 Å². The number of nitrogens with zero attached hydrogens (tertiary/aromatic N) is 1. The fourth-order valence-electron chi connectivity index (χ4n) is 3.85. The van der Waals surface area contributed by atoms with Crippen molar-refractivity contribution in [2.75, 3.05) is 18.4 Å². The van der Waals surface area contributed by atoms with E-state index in [0.29, 0.717) is 28.3 Å². The van der Waals surface area contributed by atoms with Gasteiger partial charge < -0.3 is 15.2 Å². The van der Waals surface area contributed by atoms with E-state index in [1.54, 1.807) is 55.2 Å². The number of benzene rings is 2. The number of ether oxygens (including phenoxy) is 1. The van der Waals surface area contributed by atoms with Gasteiger partial charge in [-0.25, -0.2) is 0 Å². The number of nitrogens with one attached hydrogen (secondary N) is 1. The minimum Gasteiger partial charge on any atom is -0.480 e. The first-order chi connectivity index (χ1) is 19.4. The van der Waals surface area contributed by atoms with Gasteiger partial charge in [0.1, 0.15) is 10.5 Å². The molecule has 1 aliphatic carbocycles. The normalized spacial score (nSPS) is 14.1. The van der Waals surface area contributed by atoms with E-state index in [1.807, 2.05) is 6.08 Å². The van der Waals surface area contributed by atoms with E-state index in [-0.39, 0.29) is 25.7 Å². The van der Waals surface area contributed by atoms with Crippen LogP contribution in [0.15, 0.2) is 71.2 Å². The Bertz CT molecular complexity index is 1390. The molecule has 3 rings (SSSR count). The molecule has 0 heterocycles. The van der Waals surface area contributed by atoms with Gasteiger partial charge in [-0.3, -0.25) is 14.5 Å². The van der Waals surface area contributed by atoms with Crippen LogP contribution in [-0.2, 0) is 22.3 Å². The zero-order chi connectivity index (χ0) is 31.3. The summed E-state index contributed by atoms with van der Waals surface area (Å²) in [5, 5.41) is 11.5. The van der Waals surface area contributed by atoms with Crippen molar-refractivity contribution in [2.45, 2.75) is 49.0 Å². The predicted octanol–water partition coefficient (Wildman–Crippen LogP) is 7.26. The summed E-state index contributed by atoms with van der Waals surface area (Å²) in [6.45, 7) is 3.16. The largest absolute Gasteiger partial charge is 0.573 e. The minimum atomic E-state index is -5.19. The molecule has 42 heavy (non-hydrogen) atoms. The molecule has 2 N–H and O–H groups in total. The van der Waals surface area contributed by atoms with Crippen molar-refractivity contribution in [2.24, 2.45) is 0 Å². The van der Waals surface area contributed by atoms with E-state index >= 15 is 0 Å². The maximum Gasteiger partial charge on any atom is 0.573 e. The molecular formula is C28H26F6N2O4S2. The standard InChI is InChI=1S/C28H26F6N2O4S2/c1-26(2,25(38)39)42-20-10-7-17(8-11-20)14-36(15-18-5-3-4-6-23(18)41)16-24(37)35-22-12-9-19(40-28(32,33)34)13-21(22)27(29,30)31/h3-5,7-13H,6,14-16H2,1-2H3,(H,35,37)(H,38,39). The Morgan fingerprint density at radius 1 is 1.05 bits per heavy atom. The third-order valence-corrected chi connectivity index (χ3v) is 7.50. The summed E-state index contributed by atoms with van der Waals surface area (Å²) in [7, 11) is 0. The predicted molar refractivity (Wildman–Crippen MR) is 150 cm³/mol. The lowest BCUT2D eigenvalue weighted by Crippen LogP contribution is -2.35. The van der Waals surface area contributed by atoms with Gasteiger partial charge in [-0.2, -0.15) is 13.2 Å². The molecule has 14 heteroatoms. The van der Waals surface area contributed by atoms with Crippen molar-refractivity contribution in [3.8, 4) is 5.75 Å². The highest BCUT2D eigenvalue weighted by Gasteiger charge is 2.37. The first kappa shape index (κ1) is 33.1. The highest BCUT2D eigenvalue weighted by atomic mass is 32.2. The van der Waals surface area contributed by atoms with Crippen LogP contribution in [0.1, 0.15) is 31.4 Å². The second kappa shape index (κ2) is 13.3. The number of carboxylic acids is 1. The molecule has 0 bridgehead atoms. The van der Waals surface area contributed by atoms with E-state index in [1.165, 1.54) is 0 Å². The molecule has 0 saturated heterocycles. The van der Waals surface area contributed by atoms with Gasteiger partial charge in [-0.05, 0) is 55.3 Å². The second-order valence-electron chi connectivity index (χ2n) is 9.76. The van der Waals surface area contributed by atoms with Crippen molar-refractivity contribution in [1.29, 1.82) is 0 Å². The summed E-state index contributed by atoms with van der Waals surface area (Å²) in [5.74, 6) is -2.89. The SMILES string of the molecule is CC(C)(Sc1ccc(CN(CC(=O)Nc2ccc(OC(F)(F)F)cc2C(F)(F)F)CC2=CC=CCC2=S)cc1)C(=O)O. The highest BCUT2D eigenvalue weighted by molar-refractivity contribution is 8.01. The second-order valence-corrected chi connectivity index (χ2v) is 11.9. The summed E-state index contributed by atoms with van der Waals surface area (Å²) in [6, 6.07) is 8.51. The van der Waals surface area contributed by atoms with E-state index in [4.69, 9.17) is 12.2 Å². The molecule has 0 unspecified atom stereocenters. The first-order valence-electron chi connectivity index (χ1n) is 12.3. The molecule has 2 aromatic carbocycles. The van der Waals surface area contributed by atoms with E-state index in [9.17, 15) is 41.0 Å². The van der Waals surface area contributed by atoms with Crippen LogP contribution >= 0.6 is 24.0 Å². The molecular weight excluding hydrogens is 606 g/mol. The van der Waals surface area contributed by atoms with E-state index in [2.05, 4.69) is 10.1 Å². The number of hydrogen-bond acceptors (Lipinski definition) is 6. The van der Waals surface area contributed by atoms with Crippen LogP contribution in [-0.4, -0.2) is 50.9 Å². The molecule has 0 spiro atoms. The molecule has 1 amide bonds. The van der Waals surface area contributed by atoms with Gasteiger partial charge in [-0.15, -0.1) is 24.9 Å². The van der Waals surface area contributed by atoms with Crippen LogP contribution in [0.3, 0.4) is 0 Å². The maximum absolute atomic E-state index is 13.6. The van der Waals surface area contributed by atoms with Gasteiger partial charge in [0.2, 0.25) is 5.91 Å². The molecule has 2 aromatic rings. The summed E-state index contributed by atoms with van der Waals surface area (Å²) in [5.41, 5.74) is -0.731. The van der Waals surface area contributed by atoms with Gasteiger partial charge in [0, 0.05) is 29.3 Å². The number of hydrogen-bond donors (Lipinski definition) is 2. The molecule has 0 atom stereocenters. The Morgan fingerprint density at radius 3 is 2.29 bits per heavy atom. The fourth-order valence-corrected chi connectivity index (χ4v) is 5.03. The summed E-state index contributed by atoms with van der Waals surface area (Å²) >= 11 is 6.57. The number of anilines is 1. The number of aliphatic carboxylic acids is 1. The van der Waals surface area contributed by atoms with Crippen molar-refractivity contribution in [3.05, 3.63) is 77.4 Å². The third kappa shape index (κ3) is 9.88. The van der Waals surface area contributed by atoms with Crippen LogP contribution in [0.5, 0.6) is 5.75 Å². The quantitative estimate of drug-likeness (QED) is 0.153. The molecule has 226 valence electrons. The average Bonchev–Trinajstić information content (AvgIpc) is 2.85. The van der Waals surface area contributed by atoms with Crippen molar-refractivity contribution < 1.29 is 45.8 Å². The van der Waals surface area contributed by atoms with E-state index < -0.39 is 46.2 Å². The number of thioether (sulfide) groups is 1. The molecule has 0 radical (unpaired) electrons. The number of carbonyl (C=O) groups excluding carboxylic acids is 1. The van der Waals surface area contributed by atoms with Gasteiger partial charge in [-0.1, -0.05) is 42.6 Å². The number of thiocarbonyl (C=S) groups is 1. The van der Waals surface area contributed by atoms with Crippen molar-refractivity contribution in [1.82, 2.24) is 4.90 Å². The Balaban J connectivity index is 1.81. The lowest BCUT2D eigenvalue weighted by Gasteiger charge is -2.25. The number of amides is 1. The molecule has 1 aliphatic rings. The van der Waals surface area contributed by atoms with Gasteiger partial charge >= 0.3 is 18.5 Å². The first-order valence-corrected chi connectivity index (χ1v) is 13.5. The fraction of sp³-hybridized carbons (Fsp3) is 0.321. The molecule has 0 saturated carbocycles. The number of halogens is 6. The lowest BCUT2D eigenvalue weighted by molar-refractivity contribution is -0.274. The topological polar surface area (TPSA) is 78.9 Å². The lowest BCUT2D eigenvalue weighted by atomic mass is 10.0. The Kier molecular flexibility index (Phi) is 10.5. The summed E-state index contributed by atoms with van der Waals surface area (Å²) in [6.07, 6.45) is -4.30. The Labute approximate surface area is 247 Å². The summed E-state index contributed by atoms with van der Waals surface area (Å²) in [4.78, 5) is 27.4. The third-order valence-electron chi connectivity index (χ3n) is 5.88.